The number of rotatable bonds is 3. The average Bonchev–Trinajstić information content (AvgIpc) is 2.44. The quantitative estimate of drug-likeness (QED) is 0.335. The van der Waals surface area contributed by atoms with Crippen LogP contribution in [0.4, 0.5) is 5.69 Å². The summed E-state index contributed by atoms with van der Waals surface area (Å²) in [5.41, 5.74) is 8.06. The van der Waals surface area contributed by atoms with Gasteiger partial charge in [-0.2, -0.15) is 0 Å². The second-order valence-electron chi connectivity index (χ2n) is 6.07. The summed E-state index contributed by atoms with van der Waals surface area (Å²) in [5, 5.41) is 21.5. The number of hydrogen-bond donors (Lipinski definition) is 3. The minimum Gasteiger partial charge on any atom is -0.409 e. The van der Waals surface area contributed by atoms with Crippen molar-refractivity contribution in [3.05, 3.63) is 29.3 Å². The predicted octanol–water partition coefficient (Wildman–Crippen LogP) is 1.07. The first-order valence-electron chi connectivity index (χ1n) is 6.98. The number of aryl methyl sites for hydroxylation is 1. The molecule has 116 valence electrons. The molecule has 1 atom stereocenters. The number of aliphatic hydroxyl groups is 1. The summed E-state index contributed by atoms with van der Waals surface area (Å²) in [5.74, 6) is 0.0786. The maximum atomic E-state index is 9.43. The van der Waals surface area contributed by atoms with Crippen molar-refractivity contribution in [2.75, 3.05) is 24.6 Å². The number of anilines is 1. The fourth-order valence-electron chi connectivity index (χ4n) is 2.75. The van der Waals surface area contributed by atoms with Crippen LogP contribution in [-0.4, -0.2) is 47.6 Å². The Balaban J connectivity index is 2.42. The third-order valence-corrected chi connectivity index (χ3v) is 3.56. The fraction of sp³-hybridized carbons (Fsp3) is 0.533. The molecule has 6 heteroatoms. The summed E-state index contributed by atoms with van der Waals surface area (Å²) in [4.78, 5) is 2.12. The third-order valence-electron chi connectivity index (χ3n) is 3.56. The molecule has 1 heterocycles. The van der Waals surface area contributed by atoms with Gasteiger partial charge in [0.25, 0.3) is 0 Å². The van der Waals surface area contributed by atoms with E-state index in [1.165, 1.54) is 0 Å². The highest BCUT2D eigenvalue weighted by atomic mass is 16.5. The molecule has 0 spiro atoms. The molecular weight excluding hydrogens is 270 g/mol. The lowest BCUT2D eigenvalue weighted by molar-refractivity contribution is -0.101. The van der Waals surface area contributed by atoms with Gasteiger partial charge in [-0.15, -0.1) is 0 Å². The molecule has 1 aromatic rings. The van der Waals surface area contributed by atoms with E-state index < -0.39 is 0 Å². The Morgan fingerprint density at radius 2 is 2.24 bits per heavy atom. The highest BCUT2D eigenvalue weighted by molar-refractivity contribution is 6.02. The smallest absolute Gasteiger partial charge is 0.172 e. The Morgan fingerprint density at radius 1 is 1.52 bits per heavy atom. The molecule has 0 bridgehead atoms. The number of nitrogens with zero attached hydrogens (tertiary/aromatic N) is 2. The number of ether oxygens (including phenoxy) is 1. The topological polar surface area (TPSA) is 91.3 Å². The standard InChI is InChI=1S/C15H23N3O3/c1-10-4-5-12(14(16)17-20)13(6-10)18-7-11(8-19)21-15(2,3)9-18/h4-6,11,19-20H,7-9H2,1-3H3,(H2,16,17). The zero-order chi connectivity index (χ0) is 15.6. The van der Waals surface area contributed by atoms with Gasteiger partial charge in [0.05, 0.1) is 18.3 Å². The number of benzene rings is 1. The minimum absolute atomic E-state index is 0.0371. The Labute approximate surface area is 124 Å². The van der Waals surface area contributed by atoms with Crippen LogP contribution in [0.5, 0.6) is 0 Å². The van der Waals surface area contributed by atoms with Crippen LogP contribution in [-0.2, 0) is 4.74 Å². The maximum absolute atomic E-state index is 9.43. The summed E-state index contributed by atoms with van der Waals surface area (Å²) in [6, 6.07) is 5.77. The van der Waals surface area contributed by atoms with E-state index in [1.54, 1.807) is 0 Å². The van der Waals surface area contributed by atoms with Gasteiger partial charge < -0.3 is 25.7 Å². The van der Waals surface area contributed by atoms with Crippen molar-refractivity contribution in [3.8, 4) is 0 Å². The van der Waals surface area contributed by atoms with E-state index in [1.807, 2.05) is 39.0 Å². The molecule has 1 fully saturated rings. The minimum atomic E-state index is -0.377. The Hall–Kier alpha value is -1.79. The number of amidine groups is 1. The van der Waals surface area contributed by atoms with Crippen LogP contribution < -0.4 is 10.6 Å². The summed E-state index contributed by atoms with van der Waals surface area (Å²) in [6.07, 6.45) is -0.255. The Morgan fingerprint density at radius 3 is 2.86 bits per heavy atom. The second-order valence-corrected chi connectivity index (χ2v) is 6.07. The van der Waals surface area contributed by atoms with Crippen LogP contribution in [0.25, 0.3) is 0 Å². The van der Waals surface area contributed by atoms with Crippen LogP contribution in [0.1, 0.15) is 25.0 Å². The molecule has 0 saturated carbocycles. The van der Waals surface area contributed by atoms with Gasteiger partial charge in [0.1, 0.15) is 0 Å². The van der Waals surface area contributed by atoms with Crippen LogP contribution in [0, 0.1) is 6.92 Å². The van der Waals surface area contributed by atoms with Crippen molar-refractivity contribution >= 4 is 11.5 Å². The van der Waals surface area contributed by atoms with E-state index in [0.29, 0.717) is 18.7 Å². The SMILES string of the molecule is Cc1ccc(/C(N)=N/O)c(N2CC(CO)OC(C)(C)C2)c1. The van der Waals surface area contributed by atoms with Crippen LogP contribution >= 0.6 is 0 Å². The highest BCUT2D eigenvalue weighted by Gasteiger charge is 2.34. The number of morpholine rings is 1. The van der Waals surface area contributed by atoms with Crippen molar-refractivity contribution in [2.45, 2.75) is 32.5 Å². The van der Waals surface area contributed by atoms with E-state index in [-0.39, 0.29) is 24.1 Å². The second kappa shape index (κ2) is 5.91. The van der Waals surface area contributed by atoms with Crippen LogP contribution in [0.3, 0.4) is 0 Å². The van der Waals surface area contributed by atoms with Gasteiger partial charge in [-0.3, -0.25) is 0 Å². The van der Waals surface area contributed by atoms with Crippen LogP contribution in [0.15, 0.2) is 23.4 Å². The van der Waals surface area contributed by atoms with Crippen molar-refractivity contribution in [1.82, 2.24) is 0 Å². The molecule has 1 aromatic carbocycles. The maximum Gasteiger partial charge on any atom is 0.172 e. The molecular formula is C15H23N3O3. The Kier molecular flexibility index (Phi) is 4.39. The molecule has 1 aliphatic heterocycles. The van der Waals surface area contributed by atoms with Gasteiger partial charge in [-0.25, -0.2) is 0 Å². The van der Waals surface area contributed by atoms with E-state index in [0.717, 1.165) is 11.3 Å². The summed E-state index contributed by atoms with van der Waals surface area (Å²) >= 11 is 0. The highest BCUT2D eigenvalue weighted by Crippen LogP contribution is 2.29. The molecule has 0 amide bonds. The normalized spacial score (nSPS) is 22.4. The molecule has 0 aliphatic carbocycles. The fourth-order valence-corrected chi connectivity index (χ4v) is 2.75. The average molecular weight is 293 g/mol. The predicted molar refractivity (Wildman–Crippen MR) is 81.9 cm³/mol. The molecule has 21 heavy (non-hydrogen) atoms. The lowest BCUT2D eigenvalue weighted by Crippen LogP contribution is -2.54. The van der Waals surface area contributed by atoms with E-state index in [4.69, 9.17) is 15.7 Å². The molecule has 1 unspecified atom stereocenters. The Bertz CT molecular complexity index is 543. The third kappa shape index (κ3) is 3.46. The lowest BCUT2D eigenvalue weighted by atomic mass is 10.0. The molecule has 6 nitrogen and oxygen atoms in total. The first-order chi connectivity index (χ1) is 9.86. The summed E-state index contributed by atoms with van der Waals surface area (Å²) in [7, 11) is 0. The number of aliphatic hydroxyl groups excluding tert-OH is 1. The van der Waals surface area contributed by atoms with Crippen molar-refractivity contribution in [2.24, 2.45) is 10.9 Å². The molecule has 4 N–H and O–H groups in total. The number of hydrogen-bond acceptors (Lipinski definition) is 5. The number of oxime groups is 1. The van der Waals surface area contributed by atoms with Gasteiger partial charge in [0, 0.05) is 24.3 Å². The van der Waals surface area contributed by atoms with Gasteiger partial charge in [0.2, 0.25) is 0 Å². The van der Waals surface area contributed by atoms with E-state index in [2.05, 4.69) is 10.1 Å². The molecule has 0 radical (unpaired) electrons. The van der Waals surface area contributed by atoms with Crippen molar-refractivity contribution in [3.63, 3.8) is 0 Å². The first-order valence-corrected chi connectivity index (χ1v) is 6.98. The monoisotopic (exact) mass is 293 g/mol. The van der Waals surface area contributed by atoms with Gasteiger partial charge in [0.15, 0.2) is 5.84 Å². The zero-order valence-corrected chi connectivity index (χ0v) is 12.7. The first kappa shape index (κ1) is 15.6. The van der Waals surface area contributed by atoms with Crippen molar-refractivity contribution < 1.29 is 15.1 Å². The van der Waals surface area contributed by atoms with E-state index in [9.17, 15) is 5.11 Å². The largest absolute Gasteiger partial charge is 0.409 e. The molecule has 2 rings (SSSR count). The summed E-state index contributed by atoms with van der Waals surface area (Å²) in [6.45, 7) is 7.16. The van der Waals surface area contributed by atoms with Gasteiger partial charge in [-0.05, 0) is 38.5 Å². The number of nitrogens with two attached hydrogens (primary N) is 1. The van der Waals surface area contributed by atoms with Crippen LogP contribution in [0.2, 0.25) is 0 Å². The van der Waals surface area contributed by atoms with Gasteiger partial charge >= 0.3 is 0 Å². The van der Waals surface area contributed by atoms with E-state index >= 15 is 0 Å². The molecule has 0 aromatic heterocycles. The molecule has 1 aliphatic rings. The molecule has 1 saturated heterocycles. The van der Waals surface area contributed by atoms with Gasteiger partial charge in [-0.1, -0.05) is 11.2 Å². The lowest BCUT2D eigenvalue weighted by Gasteiger charge is -2.44. The summed E-state index contributed by atoms with van der Waals surface area (Å²) < 4.78 is 5.83. The zero-order valence-electron chi connectivity index (χ0n) is 12.7. The van der Waals surface area contributed by atoms with Crippen molar-refractivity contribution in [1.29, 1.82) is 0 Å².